The molecule has 0 bridgehead atoms. The van der Waals surface area contributed by atoms with Crippen LogP contribution in [-0.2, 0) is 12.8 Å². The largest absolute Gasteiger partial charge is 0.343 e. The van der Waals surface area contributed by atoms with Gasteiger partial charge in [0.2, 0.25) is 0 Å². The molecule has 0 saturated heterocycles. The van der Waals surface area contributed by atoms with Crippen LogP contribution < -0.4 is 5.32 Å². The van der Waals surface area contributed by atoms with E-state index < -0.39 is 0 Å². The molecule has 0 aliphatic heterocycles. The molecule has 4 heteroatoms. The summed E-state index contributed by atoms with van der Waals surface area (Å²) in [6.45, 7) is 6.52. The molecule has 21 heavy (non-hydrogen) atoms. The fourth-order valence-electron chi connectivity index (χ4n) is 2.81. The molecule has 0 fully saturated rings. The maximum Gasteiger partial charge on any atom is 0.261 e. The summed E-state index contributed by atoms with van der Waals surface area (Å²) in [6.07, 6.45) is 3.51. The molecule has 3 rings (SSSR count). The summed E-state index contributed by atoms with van der Waals surface area (Å²) in [5.74, 6) is 0.0720. The van der Waals surface area contributed by atoms with Crippen LogP contribution in [-0.4, -0.2) is 5.91 Å². The maximum atomic E-state index is 12.6. The third-order valence-electron chi connectivity index (χ3n) is 3.94. The average Bonchev–Trinajstić information content (AvgIpc) is 3.09. The van der Waals surface area contributed by atoms with E-state index in [4.69, 9.17) is 0 Å². The minimum Gasteiger partial charge on any atom is -0.343 e. The second-order valence-electron chi connectivity index (χ2n) is 6.70. The Morgan fingerprint density at radius 3 is 2.76 bits per heavy atom. The highest BCUT2D eigenvalue weighted by Gasteiger charge is 2.30. The number of thiophene rings is 2. The summed E-state index contributed by atoms with van der Waals surface area (Å²) >= 11 is 3.38. The molecule has 0 spiro atoms. The van der Waals surface area contributed by atoms with Gasteiger partial charge >= 0.3 is 0 Å². The molecular formula is C17H21NOS2. The molecule has 2 aromatic rings. The highest BCUT2D eigenvalue weighted by molar-refractivity contribution is 7.14. The highest BCUT2D eigenvalue weighted by Crippen LogP contribution is 2.36. The van der Waals surface area contributed by atoms with Crippen molar-refractivity contribution in [3.63, 3.8) is 0 Å². The summed E-state index contributed by atoms with van der Waals surface area (Å²) in [4.78, 5) is 16.1. The number of carbonyl (C=O) groups is 1. The van der Waals surface area contributed by atoms with Gasteiger partial charge in [0.15, 0.2) is 0 Å². The van der Waals surface area contributed by atoms with Gasteiger partial charge < -0.3 is 5.32 Å². The zero-order valence-electron chi connectivity index (χ0n) is 12.7. The summed E-state index contributed by atoms with van der Waals surface area (Å²) < 4.78 is 0. The molecule has 1 N–H and O–H groups in total. The standard InChI is InChI=1S/C17H21NOS2/c1-17(2,3)15(13-8-5-9-20-13)18-16(19)14-10-11-6-4-7-12(11)21-14/h5,8-10,15H,4,6-7H2,1-3H3,(H,18,19)/t15-/m0/s1. The molecule has 0 saturated carbocycles. The number of rotatable bonds is 3. The second-order valence-corrected chi connectivity index (χ2v) is 8.82. The number of fused-ring (bicyclic) bond motifs is 1. The molecule has 112 valence electrons. The first kappa shape index (κ1) is 14.8. The van der Waals surface area contributed by atoms with Crippen LogP contribution in [0.15, 0.2) is 23.6 Å². The summed E-state index contributed by atoms with van der Waals surface area (Å²) in [6, 6.07) is 6.30. The second kappa shape index (κ2) is 5.58. The van der Waals surface area contributed by atoms with Crippen molar-refractivity contribution in [1.82, 2.24) is 5.32 Å². The first-order valence-corrected chi connectivity index (χ1v) is 9.10. The van der Waals surface area contributed by atoms with Gasteiger partial charge in [-0.05, 0) is 47.8 Å². The van der Waals surface area contributed by atoms with Crippen LogP contribution in [0.2, 0.25) is 0 Å². The molecule has 1 amide bonds. The van der Waals surface area contributed by atoms with Gasteiger partial charge in [-0.1, -0.05) is 26.8 Å². The van der Waals surface area contributed by atoms with Crippen LogP contribution in [0.1, 0.15) is 58.2 Å². The third-order valence-corrected chi connectivity index (χ3v) is 6.11. The van der Waals surface area contributed by atoms with Crippen molar-refractivity contribution < 1.29 is 4.79 Å². The molecule has 0 aromatic carbocycles. The lowest BCUT2D eigenvalue weighted by Gasteiger charge is -2.30. The highest BCUT2D eigenvalue weighted by atomic mass is 32.1. The molecule has 2 heterocycles. The Bertz CT molecular complexity index is 613. The predicted octanol–water partition coefficient (Wildman–Crippen LogP) is 4.82. The first-order chi connectivity index (χ1) is 9.95. The molecule has 1 aliphatic rings. The summed E-state index contributed by atoms with van der Waals surface area (Å²) in [5.41, 5.74) is 1.38. The SMILES string of the molecule is CC(C)(C)[C@@H](NC(=O)c1cc2c(s1)CCC2)c1cccs1. The van der Waals surface area contributed by atoms with Gasteiger partial charge in [0, 0.05) is 9.75 Å². The lowest BCUT2D eigenvalue weighted by molar-refractivity contribution is 0.0907. The number of amides is 1. The Balaban J connectivity index is 1.80. The zero-order chi connectivity index (χ0) is 15.0. The van der Waals surface area contributed by atoms with Crippen molar-refractivity contribution in [3.05, 3.63) is 43.8 Å². The van der Waals surface area contributed by atoms with Crippen LogP contribution in [0.4, 0.5) is 0 Å². The van der Waals surface area contributed by atoms with Gasteiger partial charge in [0.25, 0.3) is 5.91 Å². The van der Waals surface area contributed by atoms with E-state index in [2.05, 4.69) is 43.6 Å². The normalized spacial score (nSPS) is 15.8. The lowest BCUT2D eigenvalue weighted by atomic mass is 9.85. The van der Waals surface area contributed by atoms with Crippen LogP contribution >= 0.6 is 22.7 Å². The van der Waals surface area contributed by atoms with E-state index in [1.54, 1.807) is 22.7 Å². The minimum absolute atomic E-state index is 0.000497. The summed E-state index contributed by atoms with van der Waals surface area (Å²) in [7, 11) is 0. The van der Waals surface area contributed by atoms with E-state index in [-0.39, 0.29) is 17.4 Å². The van der Waals surface area contributed by atoms with Gasteiger partial charge in [-0.2, -0.15) is 0 Å². The fraction of sp³-hybridized carbons (Fsp3) is 0.471. The van der Waals surface area contributed by atoms with E-state index in [9.17, 15) is 4.79 Å². The number of aryl methyl sites for hydroxylation is 2. The third kappa shape index (κ3) is 3.06. The smallest absolute Gasteiger partial charge is 0.261 e. The Hall–Kier alpha value is -1.13. The van der Waals surface area contributed by atoms with Crippen molar-refractivity contribution in [3.8, 4) is 0 Å². The van der Waals surface area contributed by atoms with Crippen molar-refractivity contribution in [2.45, 2.75) is 46.1 Å². The number of carbonyl (C=O) groups excluding carboxylic acids is 1. The van der Waals surface area contributed by atoms with Gasteiger partial charge in [-0.15, -0.1) is 22.7 Å². The van der Waals surface area contributed by atoms with E-state index in [1.807, 2.05) is 6.07 Å². The van der Waals surface area contributed by atoms with Crippen molar-refractivity contribution >= 4 is 28.6 Å². The van der Waals surface area contributed by atoms with Gasteiger partial charge in [-0.3, -0.25) is 4.79 Å². The fourth-order valence-corrected chi connectivity index (χ4v) is 4.99. The van der Waals surface area contributed by atoms with Crippen LogP contribution in [0.5, 0.6) is 0 Å². The molecule has 2 nitrogen and oxygen atoms in total. The quantitative estimate of drug-likeness (QED) is 0.864. The zero-order valence-corrected chi connectivity index (χ0v) is 14.4. The number of hydrogen-bond acceptors (Lipinski definition) is 3. The summed E-state index contributed by atoms with van der Waals surface area (Å²) in [5, 5.41) is 5.32. The average molecular weight is 319 g/mol. The molecular weight excluding hydrogens is 298 g/mol. The Kier molecular flexibility index (Phi) is 3.93. The topological polar surface area (TPSA) is 29.1 Å². The molecule has 2 aromatic heterocycles. The van der Waals surface area contributed by atoms with E-state index >= 15 is 0 Å². The number of nitrogens with one attached hydrogen (secondary N) is 1. The molecule has 0 unspecified atom stereocenters. The van der Waals surface area contributed by atoms with Gasteiger partial charge in [0.05, 0.1) is 10.9 Å². The van der Waals surface area contributed by atoms with Gasteiger partial charge in [-0.25, -0.2) is 0 Å². The van der Waals surface area contributed by atoms with Crippen molar-refractivity contribution in [2.24, 2.45) is 5.41 Å². The molecule has 1 aliphatic carbocycles. The molecule has 0 radical (unpaired) electrons. The van der Waals surface area contributed by atoms with Crippen LogP contribution in [0, 0.1) is 5.41 Å². The Labute approximate surface area is 134 Å². The minimum atomic E-state index is 0.000497. The van der Waals surface area contributed by atoms with Crippen LogP contribution in [0.3, 0.4) is 0 Å². The van der Waals surface area contributed by atoms with Crippen LogP contribution in [0.25, 0.3) is 0 Å². The van der Waals surface area contributed by atoms with Crippen molar-refractivity contribution in [1.29, 1.82) is 0 Å². The van der Waals surface area contributed by atoms with Crippen molar-refractivity contribution in [2.75, 3.05) is 0 Å². The van der Waals surface area contributed by atoms with Gasteiger partial charge in [0.1, 0.15) is 0 Å². The molecule has 1 atom stereocenters. The lowest BCUT2D eigenvalue weighted by Crippen LogP contribution is -2.35. The number of hydrogen-bond donors (Lipinski definition) is 1. The Morgan fingerprint density at radius 2 is 2.14 bits per heavy atom. The van der Waals surface area contributed by atoms with E-state index in [1.165, 1.54) is 21.7 Å². The van der Waals surface area contributed by atoms with E-state index in [0.717, 1.165) is 17.7 Å². The Morgan fingerprint density at radius 1 is 1.33 bits per heavy atom. The first-order valence-electron chi connectivity index (χ1n) is 7.41. The predicted molar refractivity (Wildman–Crippen MR) is 90.3 cm³/mol. The monoisotopic (exact) mass is 319 g/mol. The maximum absolute atomic E-state index is 12.6. The van der Waals surface area contributed by atoms with E-state index in [0.29, 0.717) is 0 Å².